The lowest BCUT2D eigenvalue weighted by Gasteiger charge is -2.12. The normalized spacial score (nSPS) is 11.0. The first-order valence-corrected chi connectivity index (χ1v) is 11.3. The molecule has 3 rings (SSSR count). The first-order chi connectivity index (χ1) is 14.0. The third-order valence-corrected chi connectivity index (χ3v) is 5.87. The van der Waals surface area contributed by atoms with Crippen molar-refractivity contribution in [1.29, 1.82) is 0 Å². The molecule has 2 aromatic heterocycles. The molecule has 2 heterocycles. The van der Waals surface area contributed by atoms with Gasteiger partial charge in [-0.3, -0.25) is 4.79 Å². The van der Waals surface area contributed by atoms with Crippen LogP contribution >= 0.6 is 23.1 Å². The Bertz CT molecular complexity index is 924. The van der Waals surface area contributed by atoms with E-state index in [9.17, 15) is 4.79 Å². The molecule has 0 saturated carbocycles. The number of thioether (sulfide) groups is 1. The molecular formula is C20H25N5O2S2. The number of hydrogen-bond donors (Lipinski definition) is 1. The van der Waals surface area contributed by atoms with Gasteiger partial charge in [-0.1, -0.05) is 43.8 Å². The SMILES string of the molecule is Cc1csc(NC(=O)CSc2nnc(COc3ccccc3)n2CCC(C)C)n1. The van der Waals surface area contributed by atoms with Crippen LogP contribution in [0.5, 0.6) is 5.75 Å². The monoisotopic (exact) mass is 431 g/mol. The standard InChI is InChI=1S/C20H25N5O2S2/c1-14(2)9-10-25-17(11-27-16-7-5-4-6-8-16)23-24-20(25)29-13-18(26)22-19-21-15(3)12-28-19/h4-8,12,14H,9-11,13H2,1-3H3,(H,21,22,26). The Kier molecular flexibility index (Phi) is 7.65. The molecule has 0 atom stereocenters. The predicted octanol–water partition coefficient (Wildman–Crippen LogP) is 4.40. The smallest absolute Gasteiger partial charge is 0.236 e. The first kappa shape index (κ1) is 21.3. The number of aromatic nitrogens is 4. The van der Waals surface area contributed by atoms with Gasteiger partial charge in [0.05, 0.1) is 11.4 Å². The summed E-state index contributed by atoms with van der Waals surface area (Å²) in [6.45, 7) is 7.38. The van der Waals surface area contributed by atoms with Gasteiger partial charge in [0.25, 0.3) is 0 Å². The Morgan fingerprint density at radius 3 is 2.76 bits per heavy atom. The van der Waals surface area contributed by atoms with Crippen molar-refractivity contribution >= 4 is 34.1 Å². The van der Waals surface area contributed by atoms with Gasteiger partial charge in [-0.15, -0.1) is 21.5 Å². The van der Waals surface area contributed by atoms with Gasteiger partial charge in [0.2, 0.25) is 5.91 Å². The molecule has 0 unspecified atom stereocenters. The molecule has 1 amide bonds. The van der Waals surface area contributed by atoms with E-state index in [4.69, 9.17) is 4.74 Å². The van der Waals surface area contributed by atoms with E-state index in [2.05, 4.69) is 38.9 Å². The molecule has 1 aromatic carbocycles. The van der Waals surface area contributed by atoms with Gasteiger partial charge in [0.15, 0.2) is 16.1 Å². The maximum Gasteiger partial charge on any atom is 0.236 e. The van der Waals surface area contributed by atoms with Gasteiger partial charge in [-0.25, -0.2) is 4.98 Å². The highest BCUT2D eigenvalue weighted by molar-refractivity contribution is 7.99. The van der Waals surface area contributed by atoms with Crippen LogP contribution < -0.4 is 10.1 Å². The van der Waals surface area contributed by atoms with Gasteiger partial charge in [0.1, 0.15) is 12.4 Å². The molecule has 0 saturated heterocycles. The van der Waals surface area contributed by atoms with Crippen LogP contribution in [0.1, 0.15) is 31.8 Å². The number of hydrogen-bond acceptors (Lipinski definition) is 7. The zero-order valence-corrected chi connectivity index (χ0v) is 18.4. The van der Waals surface area contributed by atoms with Gasteiger partial charge >= 0.3 is 0 Å². The summed E-state index contributed by atoms with van der Waals surface area (Å²) >= 11 is 2.79. The fourth-order valence-electron chi connectivity index (χ4n) is 2.51. The second kappa shape index (κ2) is 10.4. The van der Waals surface area contributed by atoms with Crippen molar-refractivity contribution in [3.8, 4) is 5.75 Å². The fraction of sp³-hybridized carbons (Fsp3) is 0.400. The minimum Gasteiger partial charge on any atom is -0.486 e. The topological polar surface area (TPSA) is 81.9 Å². The number of rotatable bonds is 10. The summed E-state index contributed by atoms with van der Waals surface area (Å²) in [7, 11) is 0. The maximum atomic E-state index is 12.2. The molecule has 7 nitrogen and oxygen atoms in total. The Balaban J connectivity index is 1.63. The van der Waals surface area contributed by atoms with E-state index in [0.29, 0.717) is 17.7 Å². The van der Waals surface area contributed by atoms with Crippen molar-refractivity contribution in [3.63, 3.8) is 0 Å². The van der Waals surface area contributed by atoms with Crippen LogP contribution in [0.3, 0.4) is 0 Å². The zero-order chi connectivity index (χ0) is 20.6. The van der Waals surface area contributed by atoms with Crippen LogP contribution in [0.2, 0.25) is 0 Å². The number of nitrogens with zero attached hydrogens (tertiary/aromatic N) is 4. The number of aryl methyl sites for hydroxylation is 1. The molecule has 0 aliphatic carbocycles. The number of para-hydroxylation sites is 1. The summed E-state index contributed by atoms with van der Waals surface area (Å²) < 4.78 is 7.89. The molecule has 0 fully saturated rings. The number of nitrogens with one attached hydrogen (secondary N) is 1. The minimum atomic E-state index is -0.107. The van der Waals surface area contributed by atoms with Crippen LogP contribution in [0.4, 0.5) is 5.13 Å². The maximum absolute atomic E-state index is 12.2. The lowest BCUT2D eigenvalue weighted by molar-refractivity contribution is -0.113. The Hall–Kier alpha value is -2.39. The largest absolute Gasteiger partial charge is 0.486 e. The van der Waals surface area contributed by atoms with Crippen LogP contribution in [0.15, 0.2) is 40.9 Å². The number of carbonyl (C=O) groups excluding carboxylic acids is 1. The molecular weight excluding hydrogens is 406 g/mol. The highest BCUT2D eigenvalue weighted by atomic mass is 32.2. The van der Waals surface area contributed by atoms with Crippen molar-refractivity contribution in [3.05, 3.63) is 47.2 Å². The van der Waals surface area contributed by atoms with Gasteiger partial charge in [0, 0.05) is 11.9 Å². The number of benzene rings is 1. The second-order valence-electron chi connectivity index (χ2n) is 6.97. The summed E-state index contributed by atoms with van der Waals surface area (Å²) in [6, 6.07) is 9.64. The second-order valence-corrected chi connectivity index (χ2v) is 8.77. The Morgan fingerprint density at radius 1 is 1.28 bits per heavy atom. The molecule has 0 bridgehead atoms. The van der Waals surface area contributed by atoms with Crippen molar-refractivity contribution < 1.29 is 9.53 Å². The molecule has 3 aromatic rings. The molecule has 0 radical (unpaired) electrons. The van der Waals surface area contributed by atoms with Crippen molar-refractivity contribution in [2.45, 2.75) is 45.5 Å². The minimum absolute atomic E-state index is 0.107. The number of thiazole rings is 1. The van der Waals surface area contributed by atoms with Gasteiger partial charge < -0.3 is 14.6 Å². The predicted molar refractivity (Wildman–Crippen MR) is 116 cm³/mol. The lowest BCUT2D eigenvalue weighted by Crippen LogP contribution is -2.15. The Morgan fingerprint density at radius 2 is 2.07 bits per heavy atom. The quantitative estimate of drug-likeness (QED) is 0.479. The van der Waals surface area contributed by atoms with Crippen molar-refractivity contribution in [2.75, 3.05) is 11.1 Å². The summed E-state index contributed by atoms with van der Waals surface area (Å²) in [6.07, 6.45) is 0.995. The summed E-state index contributed by atoms with van der Waals surface area (Å²) in [5.41, 5.74) is 0.898. The summed E-state index contributed by atoms with van der Waals surface area (Å²) in [4.78, 5) is 16.5. The van der Waals surface area contributed by atoms with E-state index >= 15 is 0 Å². The van der Waals surface area contributed by atoms with E-state index in [0.717, 1.165) is 35.4 Å². The van der Waals surface area contributed by atoms with Gasteiger partial charge in [-0.05, 0) is 31.4 Å². The average molecular weight is 432 g/mol. The fourth-order valence-corrected chi connectivity index (χ4v) is 3.99. The van der Waals surface area contributed by atoms with Crippen molar-refractivity contribution in [2.24, 2.45) is 5.92 Å². The molecule has 0 spiro atoms. The number of amides is 1. The van der Waals surface area contributed by atoms with Crippen LogP contribution in [0, 0.1) is 12.8 Å². The lowest BCUT2D eigenvalue weighted by atomic mass is 10.1. The molecule has 154 valence electrons. The zero-order valence-electron chi connectivity index (χ0n) is 16.8. The first-order valence-electron chi connectivity index (χ1n) is 9.46. The van der Waals surface area contributed by atoms with E-state index in [1.807, 2.05) is 42.6 Å². The molecule has 0 aliphatic rings. The summed E-state index contributed by atoms with van der Waals surface area (Å²) in [5.74, 6) is 2.24. The number of ether oxygens (including phenoxy) is 1. The van der Waals surface area contributed by atoms with Crippen LogP contribution in [-0.2, 0) is 17.9 Å². The number of carbonyl (C=O) groups is 1. The third-order valence-electron chi connectivity index (χ3n) is 4.03. The van der Waals surface area contributed by atoms with Gasteiger partial charge in [-0.2, -0.15) is 0 Å². The number of anilines is 1. The van der Waals surface area contributed by atoms with Crippen LogP contribution in [0.25, 0.3) is 0 Å². The van der Waals surface area contributed by atoms with E-state index in [-0.39, 0.29) is 11.7 Å². The third kappa shape index (κ3) is 6.57. The van der Waals surface area contributed by atoms with E-state index in [1.165, 1.54) is 23.1 Å². The molecule has 9 heteroatoms. The highest BCUT2D eigenvalue weighted by Crippen LogP contribution is 2.21. The molecule has 1 N–H and O–H groups in total. The Labute approximate surface area is 178 Å². The molecule has 0 aliphatic heterocycles. The average Bonchev–Trinajstić information content (AvgIpc) is 3.29. The van der Waals surface area contributed by atoms with E-state index in [1.54, 1.807) is 0 Å². The summed E-state index contributed by atoms with van der Waals surface area (Å²) in [5, 5.41) is 14.7. The highest BCUT2D eigenvalue weighted by Gasteiger charge is 2.16. The van der Waals surface area contributed by atoms with Crippen LogP contribution in [-0.4, -0.2) is 31.4 Å². The molecule has 29 heavy (non-hydrogen) atoms. The van der Waals surface area contributed by atoms with E-state index < -0.39 is 0 Å². The van der Waals surface area contributed by atoms with Crippen molar-refractivity contribution in [1.82, 2.24) is 19.7 Å².